The molecule has 0 aliphatic heterocycles. The highest BCUT2D eigenvalue weighted by molar-refractivity contribution is 6.30. The molecular weight excluding hydrogens is 250 g/mol. The molecule has 0 radical (unpaired) electrons. The van der Waals surface area contributed by atoms with Gasteiger partial charge in [0.25, 0.3) is 0 Å². The average molecular weight is 270 g/mol. The maximum atomic E-state index is 5.90. The fourth-order valence-corrected chi connectivity index (χ4v) is 1.91. The van der Waals surface area contributed by atoms with Crippen LogP contribution in [0.15, 0.2) is 24.3 Å². The van der Waals surface area contributed by atoms with E-state index >= 15 is 0 Å². The van der Waals surface area contributed by atoms with Crippen LogP contribution in [0.2, 0.25) is 5.02 Å². The first-order valence-corrected chi connectivity index (χ1v) is 6.77. The summed E-state index contributed by atoms with van der Waals surface area (Å²) in [6.45, 7) is 2.07. The smallest absolute Gasteiger partial charge is 0.0950 e. The van der Waals surface area contributed by atoms with Crippen LogP contribution in [0.5, 0.6) is 0 Å². The van der Waals surface area contributed by atoms with Gasteiger partial charge in [-0.25, -0.2) is 0 Å². The number of methoxy groups -OCH3 is 1. The van der Waals surface area contributed by atoms with Crippen molar-refractivity contribution in [1.29, 1.82) is 0 Å². The molecule has 2 rings (SSSR count). The van der Waals surface area contributed by atoms with E-state index < -0.39 is 0 Å². The normalized spacial score (nSPS) is 16.8. The lowest BCUT2D eigenvalue weighted by Crippen LogP contribution is -2.26. The quantitative estimate of drug-likeness (QED) is 0.736. The number of rotatable bonds is 8. The highest BCUT2D eigenvalue weighted by atomic mass is 35.5. The van der Waals surface area contributed by atoms with Gasteiger partial charge in [0.2, 0.25) is 0 Å². The minimum absolute atomic E-state index is 0.0676. The molecule has 1 aromatic carbocycles. The van der Waals surface area contributed by atoms with Crippen molar-refractivity contribution in [2.24, 2.45) is 0 Å². The summed E-state index contributed by atoms with van der Waals surface area (Å²) < 4.78 is 10.9. The maximum Gasteiger partial charge on any atom is 0.0950 e. The largest absolute Gasteiger partial charge is 0.382 e. The van der Waals surface area contributed by atoms with Crippen molar-refractivity contribution in [2.75, 3.05) is 26.9 Å². The fourth-order valence-electron chi connectivity index (χ4n) is 1.79. The number of benzene rings is 1. The van der Waals surface area contributed by atoms with E-state index in [4.69, 9.17) is 21.1 Å². The number of ether oxygens (including phenoxy) is 2. The van der Waals surface area contributed by atoms with Gasteiger partial charge in [-0.2, -0.15) is 0 Å². The van der Waals surface area contributed by atoms with Crippen LogP contribution < -0.4 is 5.32 Å². The first-order chi connectivity index (χ1) is 8.79. The van der Waals surface area contributed by atoms with E-state index in [9.17, 15) is 0 Å². The summed E-state index contributed by atoms with van der Waals surface area (Å²) in [5, 5.41) is 4.25. The summed E-state index contributed by atoms with van der Waals surface area (Å²) in [5.74, 6) is 0. The van der Waals surface area contributed by atoms with Crippen LogP contribution in [0, 0.1) is 0 Å². The Hall–Kier alpha value is -0.610. The van der Waals surface area contributed by atoms with Gasteiger partial charge in [0.15, 0.2) is 0 Å². The van der Waals surface area contributed by atoms with Gasteiger partial charge in [-0.3, -0.25) is 0 Å². The first kappa shape index (κ1) is 13.8. The van der Waals surface area contributed by atoms with Gasteiger partial charge in [0, 0.05) is 24.7 Å². The molecule has 1 atom stereocenters. The molecule has 1 unspecified atom stereocenters. The van der Waals surface area contributed by atoms with Crippen LogP contribution in [0.3, 0.4) is 0 Å². The Morgan fingerprint density at radius 2 is 2.00 bits per heavy atom. The van der Waals surface area contributed by atoms with Gasteiger partial charge in [-0.05, 0) is 30.5 Å². The molecule has 1 saturated carbocycles. The maximum absolute atomic E-state index is 5.90. The summed E-state index contributed by atoms with van der Waals surface area (Å²) in [6, 6.07) is 8.54. The van der Waals surface area contributed by atoms with Gasteiger partial charge in [-0.1, -0.05) is 23.7 Å². The zero-order valence-electron chi connectivity index (χ0n) is 10.7. The van der Waals surface area contributed by atoms with E-state index in [2.05, 4.69) is 5.32 Å². The molecule has 0 aromatic heterocycles. The summed E-state index contributed by atoms with van der Waals surface area (Å²) in [4.78, 5) is 0. The van der Waals surface area contributed by atoms with Gasteiger partial charge in [0.1, 0.15) is 0 Å². The predicted octanol–water partition coefficient (Wildman–Crippen LogP) is 2.80. The molecule has 1 aromatic rings. The Morgan fingerprint density at radius 1 is 1.28 bits per heavy atom. The van der Waals surface area contributed by atoms with Crippen LogP contribution in [-0.2, 0) is 9.47 Å². The molecule has 1 N–H and O–H groups in total. The SMILES string of the molecule is COCCOC(CNC1CC1)c1ccc(Cl)cc1. The third-order valence-corrected chi connectivity index (χ3v) is 3.27. The van der Waals surface area contributed by atoms with Gasteiger partial charge in [0.05, 0.1) is 19.3 Å². The number of nitrogens with one attached hydrogen (secondary N) is 1. The summed E-state index contributed by atoms with van der Waals surface area (Å²) >= 11 is 5.90. The molecule has 1 fully saturated rings. The average Bonchev–Trinajstić information content (AvgIpc) is 3.19. The highest BCUT2D eigenvalue weighted by Gasteiger charge is 2.22. The van der Waals surface area contributed by atoms with Crippen molar-refractivity contribution < 1.29 is 9.47 Å². The van der Waals surface area contributed by atoms with E-state index in [1.807, 2.05) is 24.3 Å². The number of halogens is 1. The van der Waals surface area contributed by atoms with E-state index in [0.717, 1.165) is 17.1 Å². The molecule has 0 heterocycles. The Morgan fingerprint density at radius 3 is 2.61 bits per heavy atom. The van der Waals surface area contributed by atoms with E-state index in [1.165, 1.54) is 12.8 Å². The molecule has 1 aliphatic carbocycles. The molecule has 4 heteroatoms. The van der Waals surface area contributed by atoms with Gasteiger partial charge < -0.3 is 14.8 Å². The van der Waals surface area contributed by atoms with Crippen molar-refractivity contribution in [2.45, 2.75) is 25.0 Å². The minimum atomic E-state index is 0.0676. The van der Waals surface area contributed by atoms with E-state index in [-0.39, 0.29) is 6.10 Å². The van der Waals surface area contributed by atoms with Crippen molar-refractivity contribution in [1.82, 2.24) is 5.32 Å². The van der Waals surface area contributed by atoms with Gasteiger partial charge >= 0.3 is 0 Å². The predicted molar refractivity (Wildman–Crippen MR) is 73.0 cm³/mol. The second kappa shape index (κ2) is 7.10. The molecule has 3 nitrogen and oxygen atoms in total. The standard InChI is InChI=1S/C14H20ClNO2/c1-17-8-9-18-14(10-16-13-6-7-13)11-2-4-12(15)5-3-11/h2-5,13-14,16H,6-10H2,1H3. The highest BCUT2D eigenvalue weighted by Crippen LogP contribution is 2.23. The third kappa shape index (κ3) is 4.58. The van der Waals surface area contributed by atoms with Crippen LogP contribution >= 0.6 is 11.6 Å². The Kier molecular flexibility index (Phi) is 5.45. The van der Waals surface area contributed by atoms with Gasteiger partial charge in [-0.15, -0.1) is 0 Å². The third-order valence-electron chi connectivity index (χ3n) is 3.02. The van der Waals surface area contributed by atoms with Crippen LogP contribution in [0.1, 0.15) is 24.5 Å². The summed E-state index contributed by atoms with van der Waals surface area (Å²) in [6.07, 6.45) is 2.63. The Bertz CT molecular complexity index is 351. The summed E-state index contributed by atoms with van der Waals surface area (Å²) in [5.41, 5.74) is 1.16. The molecule has 0 saturated heterocycles. The van der Waals surface area contributed by atoms with Crippen LogP contribution in [-0.4, -0.2) is 32.9 Å². The van der Waals surface area contributed by atoms with E-state index in [0.29, 0.717) is 19.3 Å². The van der Waals surface area contributed by atoms with Crippen molar-refractivity contribution in [3.05, 3.63) is 34.9 Å². The van der Waals surface area contributed by atoms with Crippen LogP contribution in [0.4, 0.5) is 0 Å². The molecule has 0 spiro atoms. The molecule has 1 aliphatic rings. The second-order valence-electron chi connectivity index (χ2n) is 4.59. The summed E-state index contributed by atoms with van der Waals surface area (Å²) in [7, 11) is 1.68. The Balaban J connectivity index is 1.90. The fraction of sp³-hybridized carbons (Fsp3) is 0.571. The number of hydrogen-bond donors (Lipinski definition) is 1. The van der Waals surface area contributed by atoms with E-state index in [1.54, 1.807) is 7.11 Å². The molecule has 0 bridgehead atoms. The van der Waals surface area contributed by atoms with Crippen LogP contribution in [0.25, 0.3) is 0 Å². The van der Waals surface area contributed by atoms with Crippen molar-refractivity contribution in [3.8, 4) is 0 Å². The number of hydrogen-bond acceptors (Lipinski definition) is 3. The second-order valence-corrected chi connectivity index (χ2v) is 5.02. The lowest BCUT2D eigenvalue weighted by molar-refractivity contribution is 0.0164. The first-order valence-electron chi connectivity index (χ1n) is 6.39. The topological polar surface area (TPSA) is 30.5 Å². The molecular formula is C14H20ClNO2. The molecule has 0 amide bonds. The minimum Gasteiger partial charge on any atom is -0.382 e. The lowest BCUT2D eigenvalue weighted by Gasteiger charge is -2.19. The van der Waals surface area contributed by atoms with Crippen molar-refractivity contribution >= 4 is 11.6 Å². The molecule has 100 valence electrons. The molecule has 18 heavy (non-hydrogen) atoms. The monoisotopic (exact) mass is 269 g/mol. The zero-order chi connectivity index (χ0) is 12.8. The lowest BCUT2D eigenvalue weighted by atomic mass is 10.1. The zero-order valence-corrected chi connectivity index (χ0v) is 11.5. The van der Waals surface area contributed by atoms with Crippen molar-refractivity contribution in [3.63, 3.8) is 0 Å². The Labute approximate surface area is 113 Å².